The molecule has 0 aliphatic carbocycles. The zero-order chi connectivity index (χ0) is 16.1. The Hall–Kier alpha value is -1.61. The van der Waals surface area contributed by atoms with Crippen molar-refractivity contribution in [3.8, 4) is 0 Å². The monoisotopic (exact) mass is 326 g/mol. The van der Waals surface area contributed by atoms with Gasteiger partial charge in [-0.15, -0.1) is 0 Å². The van der Waals surface area contributed by atoms with E-state index in [1.165, 1.54) is 19.1 Å². The minimum Gasteiger partial charge on any atom is -0.464 e. The lowest BCUT2D eigenvalue weighted by Gasteiger charge is -2.17. The Bertz CT molecular complexity index is 568. The van der Waals surface area contributed by atoms with Crippen LogP contribution in [0.15, 0.2) is 30.3 Å². The predicted molar refractivity (Wildman–Crippen MR) is 66.6 cm³/mol. The molecule has 0 aromatic heterocycles. The molecule has 0 saturated heterocycles. The van der Waals surface area contributed by atoms with Crippen LogP contribution >= 0.6 is 0 Å². The molecule has 21 heavy (non-hydrogen) atoms. The molecule has 5 nitrogen and oxygen atoms in total. The van der Waals surface area contributed by atoms with Gasteiger partial charge in [-0.2, -0.15) is 21.6 Å². The Morgan fingerprint density at radius 3 is 2.29 bits per heavy atom. The maximum Gasteiger partial charge on any atom is 0.523 e. The Morgan fingerprint density at radius 2 is 1.81 bits per heavy atom. The van der Waals surface area contributed by atoms with Crippen LogP contribution in [0.4, 0.5) is 13.2 Å². The molecule has 0 N–H and O–H groups in total. The number of halogens is 3. The van der Waals surface area contributed by atoms with Gasteiger partial charge < -0.3 is 4.74 Å². The molecule has 1 aromatic carbocycles. The number of ether oxygens (including phenoxy) is 1. The second-order valence-corrected chi connectivity index (χ2v) is 5.49. The van der Waals surface area contributed by atoms with E-state index in [4.69, 9.17) is 0 Å². The summed E-state index contributed by atoms with van der Waals surface area (Å²) in [6, 6.07) is 7.90. The summed E-state index contributed by atoms with van der Waals surface area (Å²) in [6.07, 6.45) is -2.24. The number of carbonyl (C=O) groups is 1. The van der Waals surface area contributed by atoms with E-state index in [1.807, 2.05) is 0 Å². The minimum atomic E-state index is -5.88. The van der Waals surface area contributed by atoms with Gasteiger partial charge in [-0.25, -0.2) is 8.98 Å². The van der Waals surface area contributed by atoms with E-state index in [2.05, 4.69) is 8.92 Å². The third-order valence-electron chi connectivity index (χ3n) is 2.34. The first-order valence-electron chi connectivity index (χ1n) is 5.87. The highest BCUT2D eigenvalue weighted by atomic mass is 32.2. The molecule has 9 heteroatoms. The van der Waals surface area contributed by atoms with Gasteiger partial charge in [0.15, 0.2) is 6.10 Å². The lowest BCUT2D eigenvalue weighted by atomic mass is 10.1. The van der Waals surface area contributed by atoms with Crippen molar-refractivity contribution in [1.82, 2.24) is 0 Å². The van der Waals surface area contributed by atoms with Gasteiger partial charge in [-0.05, 0) is 12.5 Å². The van der Waals surface area contributed by atoms with Crippen LogP contribution in [0, 0.1) is 0 Å². The number of hydrogen-bond acceptors (Lipinski definition) is 5. The van der Waals surface area contributed by atoms with Crippen LogP contribution in [0.1, 0.15) is 12.5 Å². The van der Waals surface area contributed by atoms with Gasteiger partial charge in [0.25, 0.3) is 0 Å². The van der Waals surface area contributed by atoms with E-state index in [1.54, 1.807) is 18.2 Å². The number of benzene rings is 1. The lowest BCUT2D eigenvalue weighted by Crippen LogP contribution is -2.36. The number of rotatable bonds is 6. The van der Waals surface area contributed by atoms with Gasteiger partial charge in [-0.1, -0.05) is 30.3 Å². The second-order valence-electron chi connectivity index (χ2n) is 3.93. The van der Waals surface area contributed by atoms with Gasteiger partial charge in [0, 0.05) is 6.42 Å². The van der Waals surface area contributed by atoms with E-state index in [9.17, 15) is 26.4 Å². The molecular weight excluding hydrogens is 313 g/mol. The van der Waals surface area contributed by atoms with E-state index in [0.29, 0.717) is 5.56 Å². The zero-order valence-corrected chi connectivity index (χ0v) is 11.8. The first kappa shape index (κ1) is 17.4. The van der Waals surface area contributed by atoms with Crippen molar-refractivity contribution in [2.45, 2.75) is 25.0 Å². The van der Waals surface area contributed by atoms with Crippen molar-refractivity contribution in [2.75, 3.05) is 6.61 Å². The highest BCUT2D eigenvalue weighted by Gasteiger charge is 2.49. The number of alkyl halides is 3. The molecule has 0 heterocycles. The Kier molecular flexibility index (Phi) is 5.73. The van der Waals surface area contributed by atoms with Crippen molar-refractivity contribution >= 4 is 16.1 Å². The minimum absolute atomic E-state index is 0.112. The second kappa shape index (κ2) is 6.90. The molecule has 0 unspecified atom stereocenters. The smallest absolute Gasteiger partial charge is 0.464 e. The fourth-order valence-electron chi connectivity index (χ4n) is 1.43. The summed E-state index contributed by atoms with van der Waals surface area (Å²) in [5.74, 6) is -1.17. The summed E-state index contributed by atoms with van der Waals surface area (Å²) >= 11 is 0. The van der Waals surface area contributed by atoms with Gasteiger partial charge >= 0.3 is 21.6 Å². The van der Waals surface area contributed by atoms with Crippen LogP contribution in [-0.2, 0) is 30.3 Å². The number of carbonyl (C=O) groups excluding carboxylic acids is 1. The molecule has 0 aliphatic heterocycles. The summed E-state index contributed by atoms with van der Waals surface area (Å²) in [5.41, 5.74) is -5.16. The van der Waals surface area contributed by atoms with Gasteiger partial charge in [-0.3, -0.25) is 0 Å². The first-order chi connectivity index (χ1) is 9.67. The van der Waals surface area contributed by atoms with Crippen LogP contribution in [0.25, 0.3) is 0 Å². The van der Waals surface area contributed by atoms with Crippen molar-refractivity contribution < 1.29 is 35.3 Å². The molecule has 0 saturated carbocycles. The summed E-state index contributed by atoms with van der Waals surface area (Å²) in [6.45, 7) is 1.33. The van der Waals surface area contributed by atoms with Gasteiger partial charge in [0.05, 0.1) is 6.61 Å². The van der Waals surface area contributed by atoms with E-state index in [0.717, 1.165) is 0 Å². The van der Waals surface area contributed by atoms with Crippen molar-refractivity contribution in [1.29, 1.82) is 0 Å². The molecule has 1 aromatic rings. The van der Waals surface area contributed by atoms with Crippen LogP contribution in [0.2, 0.25) is 0 Å². The third kappa shape index (κ3) is 5.01. The highest BCUT2D eigenvalue weighted by Crippen LogP contribution is 2.26. The summed E-state index contributed by atoms with van der Waals surface area (Å²) in [5, 5.41) is 0. The summed E-state index contributed by atoms with van der Waals surface area (Å²) in [4.78, 5) is 11.6. The molecule has 0 radical (unpaired) electrons. The average molecular weight is 326 g/mol. The largest absolute Gasteiger partial charge is 0.523 e. The average Bonchev–Trinajstić information content (AvgIpc) is 2.38. The number of esters is 1. The molecule has 0 fully saturated rings. The molecule has 0 spiro atoms. The molecule has 1 atom stereocenters. The summed E-state index contributed by atoms with van der Waals surface area (Å²) < 4.78 is 67.5. The Balaban J connectivity index is 2.96. The molecule has 0 bridgehead atoms. The first-order valence-corrected chi connectivity index (χ1v) is 7.28. The van der Waals surface area contributed by atoms with Crippen LogP contribution < -0.4 is 0 Å². The van der Waals surface area contributed by atoms with Crippen LogP contribution in [0.3, 0.4) is 0 Å². The molecule has 1 rings (SSSR count). The molecular formula is C12H13F3O5S. The van der Waals surface area contributed by atoms with Gasteiger partial charge in [0.1, 0.15) is 0 Å². The summed E-state index contributed by atoms with van der Waals surface area (Å²) in [7, 11) is -5.88. The van der Waals surface area contributed by atoms with Crippen LogP contribution in [0.5, 0.6) is 0 Å². The Labute approximate surface area is 119 Å². The third-order valence-corrected chi connectivity index (χ3v) is 3.39. The van der Waals surface area contributed by atoms with Crippen LogP contribution in [-0.4, -0.2) is 32.6 Å². The predicted octanol–water partition coefficient (Wildman–Crippen LogP) is 2.03. The zero-order valence-electron chi connectivity index (χ0n) is 11.0. The van der Waals surface area contributed by atoms with Crippen molar-refractivity contribution in [2.24, 2.45) is 0 Å². The SMILES string of the molecule is CCOC(=O)[C@H](Cc1ccccc1)OS(=O)(=O)C(F)(F)F. The van der Waals surface area contributed by atoms with E-state index >= 15 is 0 Å². The standard InChI is InChI=1S/C12H13F3O5S/c1-2-19-11(16)10(8-9-6-4-3-5-7-9)20-21(17,18)12(13,14)15/h3-7,10H,2,8H2,1H3/t10-/m0/s1. The molecule has 118 valence electrons. The lowest BCUT2D eigenvalue weighted by molar-refractivity contribution is -0.152. The molecule has 0 aliphatic rings. The quantitative estimate of drug-likeness (QED) is 0.454. The van der Waals surface area contributed by atoms with E-state index < -0.39 is 27.7 Å². The molecule has 0 amide bonds. The fourth-order valence-corrected chi connectivity index (χ4v) is 1.99. The maximum atomic E-state index is 12.3. The van der Waals surface area contributed by atoms with E-state index in [-0.39, 0.29) is 13.0 Å². The topological polar surface area (TPSA) is 69.7 Å². The fraction of sp³-hybridized carbons (Fsp3) is 0.417. The highest BCUT2D eigenvalue weighted by molar-refractivity contribution is 7.87. The van der Waals surface area contributed by atoms with Crippen molar-refractivity contribution in [3.05, 3.63) is 35.9 Å². The Morgan fingerprint density at radius 1 is 1.24 bits per heavy atom. The van der Waals surface area contributed by atoms with Crippen molar-refractivity contribution in [3.63, 3.8) is 0 Å². The number of hydrogen-bond donors (Lipinski definition) is 0. The maximum absolute atomic E-state index is 12.3. The van der Waals surface area contributed by atoms with Gasteiger partial charge in [0.2, 0.25) is 0 Å². The normalized spacial score (nSPS) is 13.7.